The molecule has 0 amide bonds. The molecule has 0 heterocycles. The summed E-state index contributed by atoms with van der Waals surface area (Å²) in [6.45, 7) is 1.96. The van der Waals surface area contributed by atoms with Crippen molar-refractivity contribution in [2.45, 2.75) is 13.0 Å². The largest absolute Gasteiger partial charge is 0.505 e. The second-order valence-corrected chi connectivity index (χ2v) is 4.68. The van der Waals surface area contributed by atoms with Gasteiger partial charge in [0.1, 0.15) is 11.9 Å². The van der Waals surface area contributed by atoms with Crippen LogP contribution in [0.1, 0.15) is 22.8 Å². The third-order valence-electron chi connectivity index (χ3n) is 2.82. The molecule has 0 fully saturated rings. The summed E-state index contributed by atoms with van der Waals surface area (Å²) in [6.07, 6.45) is -0.952. The topological polar surface area (TPSA) is 66.5 Å². The minimum atomic E-state index is -0.952. The molecule has 18 heavy (non-hydrogen) atoms. The van der Waals surface area contributed by atoms with Crippen molar-refractivity contribution in [2.75, 3.05) is 5.73 Å². The maximum absolute atomic E-state index is 10.2. The lowest BCUT2D eigenvalue weighted by Gasteiger charge is -2.15. The maximum atomic E-state index is 10.2. The number of rotatable bonds is 2. The number of aromatic hydroxyl groups is 1. The first kappa shape index (κ1) is 12.7. The lowest BCUT2D eigenvalue weighted by Crippen LogP contribution is -2.02. The van der Waals surface area contributed by atoms with E-state index in [9.17, 15) is 10.2 Å². The van der Waals surface area contributed by atoms with Crippen LogP contribution in [-0.4, -0.2) is 10.2 Å². The van der Waals surface area contributed by atoms with Gasteiger partial charge in [-0.2, -0.15) is 0 Å². The Morgan fingerprint density at radius 1 is 1.17 bits per heavy atom. The molecule has 0 saturated carbocycles. The van der Waals surface area contributed by atoms with Gasteiger partial charge in [0.2, 0.25) is 0 Å². The summed E-state index contributed by atoms with van der Waals surface area (Å²) in [5, 5.41) is 20.5. The van der Waals surface area contributed by atoms with Crippen molar-refractivity contribution in [1.29, 1.82) is 0 Å². The molecule has 0 aliphatic rings. The van der Waals surface area contributed by atoms with Gasteiger partial charge >= 0.3 is 0 Å². The Morgan fingerprint density at radius 2 is 1.78 bits per heavy atom. The number of aliphatic hydroxyl groups excluding tert-OH is 1. The number of phenols is 1. The van der Waals surface area contributed by atoms with E-state index in [1.807, 2.05) is 19.1 Å². The lowest BCUT2D eigenvalue weighted by atomic mass is 9.99. The molecule has 0 aliphatic carbocycles. The standard InChI is InChI=1S/C14H14ClNO2/c1-8-2-4-9(5-3-8)13(17)11-6-10(15)7-12(16)14(11)18/h2-7,13,17-18H,16H2,1H3. The minimum Gasteiger partial charge on any atom is -0.505 e. The van der Waals surface area contributed by atoms with Gasteiger partial charge in [0.05, 0.1) is 5.69 Å². The number of phenolic OH excluding ortho intramolecular Hbond substituents is 1. The molecule has 0 radical (unpaired) electrons. The summed E-state index contributed by atoms with van der Waals surface area (Å²) in [5.41, 5.74) is 7.86. The minimum absolute atomic E-state index is 0.132. The lowest BCUT2D eigenvalue weighted by molar-refractivity contribution is 0.215. The van der Waals surface area contributed by atoms with Crippen molar-refractivity contribution < 1.29 is 10.2 Å². The highest BCUT2D eigenvalue weighted by molar-refractivity contribution is 6.31. The predicted octanol–water partition coefficient (Wildman–Crippen LogP) is 3.02. The first-order valence-corrected chi connectivity index (χ1v) is 5.89. The van der Waals surface area contributed by atoms with E-state index in [0.717, 1.165) is 5.56 Å². The SMILES string of the molecule is Cc1ccc(C(O)c2cc(Cl)cc(N)c2O)cc1. The van der Waals surface area contributed by atoms with Crippen LogP contribution in [-0.2, 0) is 0 Å². The van der Waals surface area contributed by atoms with Crippen LogP contribution >= 0.6 is 11.6 Å². The van der Waals surface area contributed by atoms with Gasteiger partial charge in [-0.15, -0.1) is 0 Å². The highest BCUT2D eigenvalue weighted by Crippen LogP contribution is 2.36. The Bertz CT molecular complexity index is 567. The number of aliphatic hydroxyl groups is 1. The molecule has 0 spiro atoms. The smallest absolute Gasteiger partial charge is 0.144 e. The van der Waals surface area contributed by atoms with E-state index >= 15 is 0 Å². The summed E-state index contributed by atoms with van der Waals surface area (Å²) >= 11 is 5.88. The van der Waals surface area contributed by atoms with Crippen LogP contribution in [0.3, 0.4) is 0 Å². The van der Waals surface area contributed by atoms with Crippen molar-refractivity contribution in [2.24, 2.45) is 0 Å². The van der Waals surface area contributed by atoms with Gasteiger partial charge in [-0.25, -0.2) is 0 Å². The Kier molecular flexibility index (Phi) is 3.45. The van der Waals surface area contributed by atoms with E-state index in [0.29, 0.717) is 16.1 Å². The van der Waals surface area contributed by atoms with Crippen molar-refractivity contribution in [3.8, 4) is 5.75 Å². The summed E-state index contributed by atoms with van der Waals surface area (Å²) in [6, 6.07) is 10.3. The zero-order valence-corrected chi connectivity index (χ0v) is 10.6. The number of hydrogen-bond donors (Lipinski definition) is 3. The average molecular weight is 264 g/mol. The van der Waals surface area contributed by atoms with Gasteiger partial charge in [-0.3, -0.25) is 0 Å². The Morgan fingerprint density at radius 3 is 2.39 bits per heavy atom. The Labute approximate surface area is 110 Å². The van der Waals surface area contributed by atoms with E-state index in [1.54, 1.807) is 12.1 Å². The first-order chi connectivity index (χ1) is 8.49. The Hall–Kier alpha value is -1.71. The summed E-state index contributed by atoms with van der Waals surface area (Å²) in [7, 11) is 0. The van der Waals surface area contributed by atoms with Crippen LogP contribution in [0.15, 0.2) is 36.4 Å². The molecular weight excluding hydrogens is 250 g/mol. The van der Waals surface area contributed by atoms with Gasteiger partial charge < -0.3 is 15.9 Å². The molecule has 2 aromatic rings. The maximum Gasteiger partial charge on any atom is 0.144 e. The van der Waals surface area contributed by atoms with Gasteiger partial charge in [-0.05, 0) is 24.6 Å². The van der Waals surface area contributed by atoms with Crippen molar-refractivity contribution >= 4 is 17.3 Å². The van der Waals surface area contributed by atoms with Gasteiger partial charge in [0.25, 0.3) is 0 Å². The number of nitrogens with two attached hydrogens (primary N) is 1. The second-order valence-electron chi connectivity index (χ2n) is 4.25. The van der Waals surface area contributed by atoms with Crippen molar-refractivity contribution in [3.63, 3.8) is 0 Å². The molecule has 1 unspecified atom stereocenters. The molecule has 0 saturated heterocycles. The van der Waals surface area contributed by atoms with Crippen LogP contribution in [0.5, 0.6) is 5.75 Å². The zero-order chi connectivity index (χ0) is 13.3. The molecule has 1 atom stereocenters. The highest BCUT2D eigenvalue weighted by Gasteiger charge is 2.17. The van der Waals surface area contributed by atoms with Gasteiger partial charge in [0, 0.05) is 10.6 Å². The molecule has 4 heteroatoms. The third-order valence-corrected chi connectivity index (χ3v) is 3.04. The zero-order valence-electron chi connectivity index (χ0n) is 9.89. The van der Waals surface area contributed by atoms with Crippen molar-refractivity contribution in [3.05, 3.63) is 58.1 Å². The number of halogens is 1. The summed E-state index contributed by atoms with van der Waals surface area (Å²) in [4.78, 5) is 0. The molecule has 0 aliphatic heterocycles. The molecule has 3 nitrogen and oxygen atoms in total. The van der Waals surface area contributed by atoms with Gasteiger partial charge in [0.15, 0.2) is 0 Å². The normalized spacial score (nSPS) is 12.4. The predicted molar refractivity (Wildman–Crippen MR) is 72.8 cm³/mol. The fourth-order valence-corrected chi connectivity index (χ4v) is 2.01. The van der Waals surface area contributed by atoms with E-state index in [-0.39, 0.29) is 11.4 Å². The van der Waals surface area contributed by atoms with E-state index in [4.69, 9.17) is 17.3 Å². The van der Waals surface area contributed by atoms with Gasteiger partial charge in [-0.1, -0.05) is 41.4 Å². The first-order valence-electron chi connectivity index (χ1n) is 5.51. The quantitative estimate of drug-likeness (QED) is 0.576. The second kappa shape index (κ2) is 4.88. The van der Waals surface area contributed by atoms with Crippen LogP contribution in [0.25, 0.3) is 0 Å². The summed E-state index contributed by atoms with van der Waals surface area (Å²) < 4.78 is 0. The molecule has 0 bridgehead atoms. The molecule has 2 rings (SSSR count). The number of benzene rings is 2. The average Bonchev–Trinajstić information content (AvgIpc) is 2.34. The van der Waals surface area contributed by atoms with Crippen molar-refractivity contribution in [1.82, 2.24) is 0 Å². The monoisotopic (exact) mass is 263 g/mol. The van der Waals surface area contributed by atoms with Crippen LogP contribution in [0, 0.1) is 6.92 Å². The highest BCUT2D eigenvalue weighted by atomic mass is 35.5. The van der Waals surface area contributed by atoms with E-state index in [1.165, 1.54) is 12.1 Å². The van der Waals surface area contributed by atoms with Crippen LogP contribution in [0.4, 0.5) is 5.69 Å². The molecule has 4 N–H and O–H groups in total. The number of nitrogen functional groups attached to an aromatic ring is 1. The van der Waals surface area contributed by atoms with E-state index < -0.39 is 6.10 Å². The Balaban J connectivity index is 2.45. The van der Waals surface area contributed by atoms with Crippen LogP contribution < -0.4 is 5.73 Å². The molecule has 2 aromatic carbocycles. The fraction of sp³-hybridized carbons (Fsp3) is 0.143. The number of aryl methyl sites for hydroxylation is 1. The molecule has 0 aromatic heterocycles. The molecular formula is C14H14ClNO2. The number of hydrogen-bond acceptors (Lipinski definition) is 3. The van der Waals surface area contributed by atoms with Crippen LogP contribution in [0.2, 0.25) is 5.02 Å². The summed E-state index contributed by atoms with van der Waals surface area (Å²) in [5.74, 6) is -0.132. The number of anilines is 1. The third kappa shape index (κ3) is 2.42. The fourth-order valence-electron chi connectivity index (χ4n) is 1.78. The molecule has 94 valence electrons. The van der Waals surface area contributed by atoms with E-state index in [2.05, 4.69) is 0 Å².